The van der Waals surface area contributed by atoms with Gasteiger partial charge in [-0.3, -0.25) is 4.90 Å². The van der Waals surface area contributed by atoms with Gasteiger partial charge < -0.3 is 19.7 Å². The minimum Gasteiger partial charge on any atom is -0.493 e. The third-order valence-corrected chi connectivity index (χ3v) is 6.75. The van der Waals surface area contributed by atoms with Gasteiger partial charge in [-0.2, -0.15) is 4.98 Å². The van der Waals surface area contributed by atoms with Crippen LogP contribution in [0.2, 0.25) is 0 Å². The van der Waals surface area contributed by atoms with Gasteiger partial charge in [0.15, 0.2) is 11.5 Å². The molecule has 0 unspecified atom stereocenters. The van der Waals surface area contributed by atoms with Crippen LogP contribution in [0.15, 0.2) is 30.5 Å². The Balaban J connectivity index is 1.23. The van der Waals surface area contributed by atoms with Crippen LogP contribution in [0.1, 0.15) is 63.9 Å². The minimum absolute atomic E-state index is 0.381. The summed E-state index contributed by atoms with van der Waals surface area (Å²) >= 11 is 0. The molecule has 0 radical (unpaired) electrons. The number of likely N-dealkylation sites (tertiary alicyclic amines) is 1. The van der Waals surface area contributed by atoms with Crippen LogP contribution >= 0.6 is 0 Å². The van der Waals surface area contributed by atoms with Gasteiger partial charge in [0.05, 0.1) is 19.8 Å². The third kappa shape index (κ3) is 6.98. The highest BCUT2D eigenvalue weighted by Gasteiger charge is 2.27. The molecule has 7 nitrogen and oxygen atoms in total. The van der Waals surface area contributed by atoms with E-state index >= 15 is 0 Å². The number of nitrogens with zero attached hydrogens (tertiary/aromatic N) is 4. The largest absolute Gasteiger partial charge is 0.493 e. The SMILES string of the molecule is CCCCCCOc1ccc(CN2CC(Nc3nccc(N4CCCCCC4)n3)C2)cc1OC. The fraction of sp³-hybridized carbons (Fsp3) is 0.630. The Morgan fingerprint density at radius 3 is 2.59 bits per heavy atom. The molecule has 2 aliphatic heterocycles. The Morgan fingerprint density at radius 1 is 1.00 bits per heavy atom. The quantitative estimate of drug-likeness (QED) is 0.435. The molecule has 2 aliphatic rings. The summed E-state index contributed by atoms with van der Waals surface area (Å²) in [6.45, 7) is 8.03. The van der Waals surface area contributed by atoms with Crippen molar-refractivity contribution in [2.24, 2.45) is 0 Å². The Kier molecular flexibility index (Phi) is 9.25. The molecule has 4 rings (SSSR count). The fourth-order valence-corrected chi connectivity index (χ4v) is 4.77. The molecule has 0 aliphatic carbocycles. The second-order valence-electron chi connectivity index (χ2n) is 9.57. The van der Waals surface area contributed by atoms with Gasteiger partial charge in [-0.25, -0.2) is 4.98 Å². The van der Waals surface area contributed by atoms with Crippen LogP contribution in [0.5, 0.6) is 11.5 Å². The van der Waals surface area contributed by atoms with Crippen molar-refractivity contribution in [2.75, 3.05) is 50.1 Å². The molecule has 2 fully saturated rings. The second-order valence-corrected chi connectivity index (χ2v) is 9.57. The summed E-state index contributed by atoms with van der Waals surface area (Å²) < 4.78 is 11.5. The Labute approximate surface area is 204 Å². The van der Waals surface area contributed by atoms with E-state index in [1.807, 2.05) is 18.3 Å². The number of hydrogen-bond acceptors (Lipinski definition) is 7. The van der Waals surface area contributed by atoms with E-state index in [9.17, 15) is 0 Å². The second kappa shape index (κ2) is 12.8. The first-order valence-electron chi connectivity index (χ1n) is 13.1. The number of rotatable bonds is 12. The third-order valence-electron chi connectivity index (χ3n) is 6.75. The van der Waals surface area contributed by atoms with Crippen molar-refractivity contribution in [3.05, 3.63) is 36.0 Å². The molecule has 1 N–H and O–H groups in total. The maximum absolute atomic E-state index is 5.95. The molecule has 2 aromatic rings. The van der Waals surface area contributed by atoms with Gasteiger partial charge in [0.25, 0.3) is 0 Å². The average Bonchev–Trinajstić information content (AvgIpc) is 3.13. The van der Waals surface area contributed by atoms with Crippen LogP contribution in [0.4, 0.5) is 11.8 Å². The molecule has 7 heteroatoms. The lowest BCUT2D eigenvalue weighted by Crippen LogP contribution is -2.54. The van der Waals surface area contributed by atoms with Gasteiger partial charge in [-0.1, -0.05) is 45.1 Å². The topological polar surface area (TPSA) is 62.8 Å². The first-order valence-corrected chi connectivity index (χ1v) is 13.1. The van der Waals surface area contributed by atoms with E-state index in [0.717, 1.165) is 69.0 Å². The van der Waals surface area contributed by atoms with Gasteiger partial charge >= 0.3 is 0 Å². The van der Waals surface area contributed by atoms with Gasteiger partial charge in [0, 0.05) is 38.9 Å². The highest BCUT2D eigenvalue weighted by molar-refractivity contribution is 5.44. The molecule has 3 heterocycles. The van der Waals surface area contributed by atoms with Crippen molar-refractivity contribution in [3.8, 4) is 11.5 Å². The van der Waals surface area contributed by atoms with E-state index in [-0.39, 0.29) is 0 Å². The van der Waals surface area contributed by atoms with Crippen LogP contribution in [0, 0.1) is 0 Å². The van der Waals surface area contributed by atoms with Crippen LogP contribution in [0.3, 0.4) is 0 Å². The highest BCUT2D eigenvalue weighted by atomic mass is 16.5. The number of hydrogen-bond donors (Lipinski definition) is 1. The number of nitrogens with one attached hydrogen (secondary N) is 1. The molecular weight excluding hydrogens is 426 g/mol. The van der Waals surface area contributed by atoms with Crippen LogP contribution in [0.25, 0.3) is 0 Å². The molecule has 186 valence electrons. The monoisotopic (exact) mass is 467 g/mol. The van der Waals surface area contributed by atoms with Crippen LogP contribution in [-0.2, 0) is 6.54 Å². The lowest BCUT2D eigenvalue weighted by Gasteiger charge is -2.39. The molecule has 0 saturated carbocycles. The van der Waals surface area contributed by atoms with Gasteiger partial charge in [0.1, 0.15) is 5.82 Å². The van der Waals surface area contributed by atoms with Crippen molar-refractivity contribution in [1.82, 2.24) is 14.9 Å². The number of ether oxygens (including phenoxy) is 2. The van der Waals surface area contributed by atoms with E-state index in [1.54, 1.807) is 7.11 Å². The molecule has 2 saturated heterocycles. The summed E-state index contributed by atoms with van der Waals surface area (Å²) in [5.74, 6) is 3.46. The summed E-state index contributed by atoms with van der Waals surface area (Å²) in [5.41, 5.74) is 1.24. The minimum atomic E-state index is 0.381. The highest BCUT2D eigenvalue weighted by Crippen LogP contribution is 2.29. The van der Waals surface area contributed by atoms with Crippen molar-refractivity contribution in [3.63, 3.8) is 0 Å². The zero-order valence-corrected chi connectivity index (χ0v) is 21.0. The van der Waals surface area contributed by atoms with Crippen LogP contribution in [-0.4, -0.2) is 60.8 Å². The molecule has 0 atom stereocenters. The Hall–Kier alpha value is -2.54. The van der Waals surface area contributed by atoms with Crippen LogP contribution < -0.4 is 19.7 Å². The van der Waals surface area contributed by atoms with E-state index in [2.05, 4.69) is 39.2 Å². The predicted octanol–water partition coefficient (Wildman–Crippen LogP) is 5.12. The number of methoxy groups -OCH3 is 1. The maximum Gasteiger partial charge on any atom is 0.224 e. The Morgan fingerprint density at radius 2 is 1.82 bits per heavy atom. The van der Waals surface area contributed by atoms with Gasteiger partial charge in [0.2, 0.25) is 5.95 Å². The van der Waals surface area contributed by atoms with Crippen molar-refractivity contribution in [2.45, 2.75) is 70.9 Å². The molecule has 34 heavy (non-hydrogen) atoms. The molecule has 0 spiro atoms. The summed E-state index contributed by atoms with van der Waals surface area (Å²) in [7, 11) is 1.71. The number of anilines is 2. The molecule has 0 bridgehead atoms. The summed E-state index contributed by atoms with van der Waals surface area (Å²) in [6, 6.07) is 8.72. The fourth-order valence-electron chi connectivity index (χ4n) is 4.77. The zero-order valence-electron chi connectivity index (χ0n) is 21.0. The Bertz CT molecular complexity index is 879. The molecule has 1 aromatic carbocycles. The summed E-state index contributed by atoms with van der Waals surface area (Å²) in [6.07, 6.45) is 11.8. The van der Waals surface area contributed by atoms with E-state index in [0.29, 0.717) is 6.04 Å². The molecule has 0 amide bonds. The number of unbranched alkanes of at least 4 members (excludes halogenated alkanes) is 3. The first kappa shape index (κ1) is 24.6. The number of benzene rings is 1. The summed E-state index contributed by atoms with van der Waals surface area (Å²) in [4.78, 5) is 14.1. The summed E-state index contributed by atoms with van der Waals surface area (Å²) in [5, 5.41) is 3.52. The normalized spacial score (nSPS) is 17.2. The van der Waals surface area contributed by atoms with Gasteiger partial charge in [-0.05, 0) is 43.0 Å². The van der Waals surface area contributed by atoms with Crippen molar-refractivity contribution >= 4 is 11.8 Å². The van der Waals surface area contributed by atoms with E-state index in [1.165, 1.54) is 50.5 Å². The average molecular weight is 468 g/mol. The van der Waals surface area contributed by atoms with Crippen molar-refractivity contribution < 1.29 is 9.47 Å². The first-order chi connectivity index (χ1) is 16.7. The maximum atomic E-state index is 5.95. The predicted molar refractivity (Wildman–Crippen MR) is 138 cm³/mol. The lowest BCUT2D eigenvalue weighted by molar-refractivity contribution is 0.152. The van der Waals surface area contributed by atoms with Gasteiger partial charge in [-0.15, -0.1) is 0 Å². The molecular formula is C27H41N5O2. The standard InChI is InChI=1S/C27H41N5O2/c1-3-4-5-10-17-34-24-12-11-22(18-25(24)33-2)19-31-20-23(21-31)29-27-28-14-13-26(30-27)32-15-8-6-7-9-16-32/h11-14,18,23H,3-10,15-17,19-21H2,1-2H3,(H,28,29,30). The van der Waals surface area contributed by atoms with E-state index in [4.69, 9.17) is 14.5 Å². The smallest absolute Gasteiger partial charge is 0.224 e. The molecule has 1 aromatic heterocycles. The number of aromatic nitrogens is 2. The van der Waals surface area contributed by atoms with Crippen molar-refractivity contribution in [1.29, 1.82) is 0 Å². The zero-order chi connectivity index (χ0) is 23.6. The van der Waals surface area contributed by atoms with E-state index < -0.39 is 0 Å². The lowest BCUT2D eigenvalue weighted by atomic mass is 10.1.